The lowest BCUT2D eigenvalue weighted by Crippen LogP contribution is -2.20. The van der Waals surface area contributed by atoms with Crippen LogP contribution in [0.25, 0.3) is 0 Å². The molecule has 0 bridgehead atoms. The second-order valence-corrected chi connectivity index (χ2v) is 7.35. The van der Waals surface area contributed by atoms with Crippen LogP contribution in [0.3, 0.4) is 0 Å². The van der Waals surface area contributed by atoms with Crippen LogP contribution in [-0.2, 0) is 19.9 Å². The third-order valence-electron chi connectivity index (χ3n) is 4.27. The van der Waals surface area contributed by atoms with Gasteiger partial charge in [0.2, 0.25) is 0 Å². The van der Waals surface area contributed by atoms with E-state index in [1.54, 1.807) is 0 Å². The van der Waals surface area contributed by atoms with Gasteiger partial charge >= 0.3 is 0 Å². The normalized spacial score (nSPS) is 21.8. The van der Waals surface area contributed by atoms with E-state index in [1.165, 1.54) is 34.1 Å². The van der Waals surface area contributed by atoms with Gasteiger partial charge in [0.25, 0.3) is 0 Å². The number of aromatic nitrogens is 2. The van der Waals surface area contributed by atoms with Crippen molar-refractivity contribution in [2.75, 3.05) is 0 Å². The van der Waals surface area contributed by atoms with E-state index >= 15 is 0 Å². The lowest BCUT2D eigenvalue weighted by Gasteiger charge is -2.30. The van der Waals surface area contributed by atoms with E-state index in [9.17, 15) is 0 Å². The molecule has 2 atom stereocenters. The standard InChI is InChI=1S/C16H18Br2N2/c1-10-15(17)14(20(2)19-10)9-12-8-7-11-5-3-4-6-13(11)16(12)18/h3-6,12,16H,7-9H2,1-2H3. The Labute approximate surface area is 136 Å². The Morgan fingerprint density at radius 3 is 2.80 bits per heavy atom. The van der Waals surface area contributed by atoms with Gasteiger partial charge in [0.15, 0.2) is 0 Å². The molecule has 1 aromatic heterocycles. The number of nitrogens with zero attached hydrogens (tertiary/aromatic N) is 2. The molecule has 0 aliphatic heterocycles. The summed E-state index contributed by atoms with van der Waals surface area (Å²) in [4.78, 5) is 0.439. The maximum absolute atomic E-state index is 4.50. The van der Waals surface area contributed by atoms with E-state index in [0.29, 0.717) is 10.7 Å². The summed E-state index contributed by atoms with van der Waals surface area (Å²) in [6, 6.07) is 8.79. The molecule has 0 saturated heterocycles. The van der Waals surface area contributed by atoms with Crippen LogP contribution in [-0.4, -0.2) is 9.78 Å². The zero-order valence-corrected chi connectivity index (χ0v) is 14.9. The number of rotatable bonds is 2. The van der Waals surface area contributed by atoms with Gasteiger partial charge < -0.3 is 0 Å². The molecule has 3 rings (SSSR count). The Hall–Kier alpha value is -0.610. The highest BCUT2D eigenvalue weighted by atomic mass is 79.9. The molecule has 1 aromatic carbocycles. The SMILES string of the molecule is Cc1nn(C)c(CC2CCc3ccccc3C2Br)c1Br. The van der Waals surface area contributed by atoms with Gasteiger partial charge in [-0.2, -0.15) is 5.10 Å². The molecule has 1 heterocycles. The van der Waals surface area contributed by atoms with Gasteiger partial charge in [-0.25, -0.2) is 0 Å². The molecule has 0 radical (unpaired) electrons. The van der Waals surface area contributed by atoms with Crippen molar-refractivity contribution in [1.82, 2.24) is 9.78 Å². The fourth-order valence-corrected chi connectivity index (χ4v) is 4.52. The van der Waals surface area contributed by atoms with E-state index in [2.05, 4.69) is 68.1 Å². The second kappa shape index (κ2) is 5.64. The molecule has 4 heteroatoms. The summed E-state index contributed by atoms with van der Waals surface area (Å²) in [7, 11) is 2.03. The van der Waals surface area contributed by atoms with Gasteiger partial charge in [-0.3, -0.25) is 4.68 Å². The molecule has 2 nitrogen and oxygen atoms in total. The topological polar surface area (TPSA) is 17.8 Å². The smallest absolute Gasteiger partial charge is 0.0738 e. The first-order chi connectivity index (χ1) is 9.58. The predicted octanol–water partition coefficient (Wildman–Crippen LogP) is 4.73. The van der Waals surface area contributed by atoms with Gasteiger partial charge in [-0.1, -0.05) is 40.2 Å². The highest BCUT2D eigenvalue weighted by Gasteiger charge is 2.29. The number of halogens is 2. The highest BCUT2D eigenvalue weighted by molar-refractivity contribution is 9.10. The van der Waals surface area contributed by atoms with Gasteiger partial charge in [0.1, 0.15) is 0 Å². The summed E-state index contributed by atoms with van der Waals surface area (Å²) in [5.41, 5.74) is 5.32. The summed E-state index contributed by atoms with van der Waals surface area (Å²) in [6.45, 7) is 2.05. The molecule has 0 fully saturated rings. The van der Waals surface area contributed by atoms with E-state index < -0.39 is 0 Å². The Kier molecular flexibility index (Phi) is 4.04. The van der Waals surface area contributed by atoms with E-state index in [1.807, 2.05) is 11.7 Å². The van der Waals surface area contributed by atoms with Crippen molar-refractivity contribution >= 4 is 31.9 Å². The van der Waals surface area contributed by atoms with Gasteiger partial charge in [0, 0.05) is 11.9 Å². The Balaban J connectivity index is 1.86. The van der Waals surface area contributed by atoms with Crippen LogP contribution < -0.4 is 0 Å². The van der Waals surface area contributed by atoms with Crippen LogP contribution >= 0.6 is 31.9 Å². The maximum atomic E-state index is 4.50. The molecule has 2 aromatic rings. The van der Waals surface area contributed by atoms with Crippen molar-refractivity contribution in [3.63, 3.8) is 0 Å². The van der Waals surface area contributed by atoms with Crippen molar-refractivity contribution in [2.45, 2.75) is 31.0 Å². The minimum atomic E-state index is 0.439. The summed E-state index contributed by atoms with van der Waals surface area (Å²) in [5.74, 6) is 0.621. The van der Waals surface area contributed by atoms with Crippen molar-refractivity contribution in [2.24, 2.45) is 13.0 Å². The highest BCUT2D eigenvalue weighted by Crippen LogP contribution is 2.42. The number of hydrogen-bond acceptors (Lipinski definition) is 1. The maximum Gasteiger partial charge on any atom is 0.0738 e. The van der Waals surface area contributed by atoms with Crippen LogP contribution in [0.1, 0.15) is 33.8 Å². The molecule has 0 N–H and O–H groups in total. The van der Waals surface area contributed by atoms with E-state index in [-0.39, 0.29) is 0 Å². The Bertz CT molecular complexity index is 633. The number of aryl methyl sites for hydroxylation is 3. The Morgan fingerprint density at radius 2 is 2.10 bits per heavy atom. The zero-order valence-electron chi connectivity index (χ0n) is 11.7. The Morgan fingerprint density at radius 1 is 1.35 bits per heavy atom. The summed E-state index contributed by atoms with van der Waals surface area (Å²) < 4.78 is 3.18. The van der Waals surface area contributed by atoms with Crippen molar-refractivity contribution in [3.05, 3.63) is 51.3 Å². The summed E-state index contributed by atoms with van der Waals surface area (Å²) >= 11 is 7.60. The average molecular weight is 398 g/mol. The largest absolute Gasteiger partial charge is 0.271 e. The van der Waals surface area contributed by atoms with E-state index in [4.69, 9.17) is 0 Å². The molecule has 0 saturated carbocycles. The predicted molar refractivity (Wildman–Crippen MR) is 89.3 cm³/mol. The zero-order chi connectivity index (χ0) is 14.3. The number of fused-ring (bicyclic) bond motifs is 1. The number of alkyl halides is 1. The van der Waals surface area contributed by atoms with Crippen LogP contribution in [0.4, 0.5) is 0 Å². The van der Waals surface area contributed by atoms with Crippen LogP contribution in [0.5, 0.6) is 0 Å². The van der Waals surface area contributed by atoms with Crippen LogP contribution in [0.15, 0.2) is 28.7 Å². The fraction of sp³-hybridized carbons (Fsp3) is 0.438. The molecule has 1 aliphatic rings. The minimum absolute atomic E-state index is 0.439. The van der Waals surface area contributed by atoms with E-state index in [0.717, 1.165) is 12.1 Å². The monoisotopic (exact) mass is 396 g/mol. The molecule has 2 unspecified atom stereocenters. The third kappa shape index (κ3) is 2.48. The molecule has 106 valence electrons. The second-order valence-electron chi connectivity index (χ2n) is 5.57. The first-order valence-corrected chi connectivity index (χ1v) is 8.68. The number of benzene rings is 1. The quantitative estimate of drug-likeness (QED) is 0.669. The molecule has 0 amide bonds. The lowest BCUT2D eigenvalue weighted by atomic mass is 9.81. The van der Waals surface area contributed by atoms with Crippen molar-refractivity contribution < 1.29 is 0 Å². The van der Waals surface area contributed by atoms with Crippen LogP contribution in [0.2, 0.25) is 0 Å². The first-order valence-electron chi connectivity index (χ1n) is 6.97. The molecular weight excluding hydrogens is 380 g/mol. The van der Waals surface area contributed by atoms with Crippen molar-refractivity contribution in [3.8, 4) is 0 Å². The molecule has 20 heavy (non-hydrogen) atoms. The number of hydrogen-bond donors (Lipinski definition) is 0. The molecule has 1 aliphatic carbocycles. The first kappa shape index (κ1) is 14.3. The van der Waals surface area contributed by atoms with Crippen molar-refractivity contribution in [1.29, 1.82) is 0 Å². The molecular formula is C16H18Br2N2. The van der Waals surface area contributed by atoms with Gasteiger partial charge in [-0.15, -0.1) is 0 Å². The van der Waals surface area contributed by atoms with Gasteiger partial charge in [-0.05, 0) is 59.2 Å². The third-order valence-corrected chi connectivity index (χ3v) is 6.54. The average Bonchev–Trinajstić information content (AvgIpc) is 2.68. The molecule has 0 spiro atoms. The fourth-order valence-electron chi connectivity index (χ4n) is 3.13. The minimum Gasteiger partial charge on any atom is -0.271 e. The lowest BCUT2D eigenvalue weighted by molar-refractivity contribution is 0.439. The van der Waals surface area contributed by atoms with Crippen LogP contribution in [0, 0.1) is 12.8 Å². The summed E-state index contributed by atoms with van der Waals surface area (Å²) in [6.07, 6.45) is 3.46. The summed E-state index contributed by atoms with van der Waals surface area (Å²) in [5, 5.41) is 4.50. The van der Waals surface area contributed by atoms with Gasteiger partial charge in [0.05, 0.1) is 15.9 Å².